The van der Waals surface area contributed by atoms with E-state index in [0.717, 1.165) is 6.42 Å². The summed E-state index contributed by atoms with van der Waals surface area (Å²) >= 11 is 9.07. The third-order valence-corrected chi connectivity index (χ3v) is 4.04. The standard InChI is InChI=1S/C12H12BrClN2O3/c13-8-6-7(14)2-3-9(8)15-11(19)16-12(10(17)18)4-1-5-12/h2-3,6H,1,4-5H2,(H,17,18)(H2,15,16,19). The minimum Gasteiger partial charge on any atom is -0.480 e. The molecule has 5 nitrogen and oxygen atoms in total. The number of nitrogens with one attached hydrogen (secondary N) is 2. The molecule has 0 unspecified atom stereocenters. The number of amides is 2. The minimum absolute atomic E-state index is 0.456. The Morgan fingerprint density at radius 1 is 1.37 bits per heavy atom. The molecule has 1 aromatic rings. The average molecular weight is 348 g/mol. The van der Waals surface area contributed by atoms with Crippen LogP contribution in [0.3, 0.4) is 0 Å². The van der Waals surface area contributed by atoms with E-state index < -0.39 is 17.5 Å². The summed E-state index contributed by atoms with van der Waals surface area (Å²) in [4.78, 5) is 23.0. The lowest BCUT2D eigenvalue weighted by molar-refractivity contribution is -0.148. The van der Waals surface area contributed by atoms with E-state index in [0.29, 0.717) is 28.0 Å². The summed E-state index contributed by atoms with van der Waals surface area (Å²) in [6.45, 7) is 0. The van der Waals surface area contributed by atoms with Gasteiger partial charge in [-0.15, -0.1) is 0 Å². The maximum atomic E-state index is 11.8. The number of carbonyl (C=O) groups excluding carboxylic acids is 1. The molecule has 1 aliphatic rings. The van der Waals surface area contributed by atoms with E-state index in [1.165, 1.54) is 0 Å². The summed E-state index contributed by atoms with van der Waals surface area (Å²) in [6, 6.07) is 4.39. The van der Waals surface area contributed by atoms with Crippen LogP contribution < -0.4 is 10.6 Å². The number of benzene rings is 1. The number of hydrogen-bond donors (Lipinski definition) is 3. The molecule has 0 aromatic heterocycles. The summed E-state index contributed by atoms with van der Waals surface area (Å²) in [5.74, 6) is -0.996. The highest BCUT2D eigenvalue weighted by Crippen LogP contribution is 2.32. The first-order chi connectivity index (χ1) is 8.93. The number of halogens is 2. The zero-order valence-corrected chi connectivity index (χ0v) is 12.2. The minimum atomic E-state index is -1.12. The van der Waals surface area contributed by atoms with Gasteiger partial charge >= 0.3 is 12.0 Å². The molecule has 1 fully saturated rings. The van der Waals surface area contributed by atoms with Crippen LogP contribution in [0.4, 0.5) is 10.5 Å². The quantitative estimate of drug-likeness (QED) is 0.785. The van der Waals surface area contributed by atoms with E-state index in [9.17, 15) is 9.59 Å². The number of carboxylic acids is 1. The van der Waals surface area contributed by atoms with Crippen molar-refractivity contribution in [2.75, 3.05) is 5.32 Å². The third kappa shape index (κ3) is 3.01. The fraction of sp³-hybridized carbons (Fsp3) is 0.333. The topological polar surface area (TPSA) is 78.4 Å². The Labute approximate surface area is 123 Å². The first kappa shape index (κ1) is 14.1. The van der Waals surface area contributed by atoms with Gasteiger partial charge in [-0.25, -0.2) is 9.59 Å². The molecule has 0 spiro atoms. The van der Waals surface area contributed by atoms with Crippen molar-refractivity contribution >= 4 is 45.2 Å². The van der Waals surface area contributed by atoms with Crippen LogP contribution in [0.25, 0.3) is 0 Å². The Bertz CT molecular complexity index is 532. The predicted molar refractivity (Wildman–Crippen MR) is 75.5 cm³/mol. The van der Waals surface area contributed by atoms with Crippen molar-refractivity contribution in [2.24, 2.45) is 0 Å². The number of urea groups is 1. The van der Waals surface area contributed by atoms with Crippen LogP contribution in [-0.2, 0) is 4.79 Å². The molecule has 0 aliphatic heterocycles. The van der Waals surface area contributed by atoms with Gasteiger partial charge in [0.1, 0.15) is 5.54 Å². The molecule has 1 saturated carbocycles. The van der Waals surface area contributed by atoms with Crippen LogP contribution in [0, 0.1) is 0 Å². The fourth-order valence-electron chi connectivity index (χ4n) is 1.88. The summed E-state index contributed by atoms with van der Waals surface area (Å²) in [5.41, 5.74) is -0.593. The highest BCUT2D eigenvalue weighted by molar-refractivity contribution is 9.10. The summed E-state index contributed by atoms with van der Waals surface area (Å²) < 4.78 is 0.633. The molecule has 1 aliphatic carbocycles. The second-order valence-electron chi connectivity index (χ2n) is 4.44. The van der Waals surface area contributed by atoms with Gasteiger partial charge in [-0.2, -0.15) is 0 Å². The van der Waals surface area contributed by atoms with Crippen molar-refractivity contribution in [1.82, 2.24) is 5.32 Å². The Balaban J connectivity index is 2.03. The van der Waals surface area contributed by atoms with Gasteiger partial charge in [-0.05, 0) is 53.4 Å². The molecule has 0 radical (unpaired) electrons. The second-order valence-corrected chi connectivity index (χ2v) is 5.73. The number of carbonyl (C=O) groups is 2. The van der Waals surface area contributed by atoms with E-state index in [2.05, 4.69) is 26.6 Å². The molecule has 3 N–H and O–H groups in total. The van der Waals surface area contributed by atoms with Crippen molar-refractivity contribution in [1.29, 1.82) is 0 Å². The van der Waals surface area contributed by atoms with Crippen molar-refractivity contribution in [2.45, 2.75) is 24.8 Å². The Morgan fingerprint density at radius 2 is 2.05 bits per heavy atom. The molecule has 19 heavy (non-hydrogen) atoms. The van der Waals surface area contributed by atoms with Gasteiger partial charge in [0.15, 0.2) is 0 Å². The van der Waals surface area contributed by atoms with Gasteiger partial charge < -0.3 is 15.7 Å². The van der Waals surface area contributed by atoms with Crippen LogP contribution in [0.15, 0.2) is 22.7 Å². The summed E-state index contributed by atoms with van der Waals surface area (Å²) in [7, 11) is 0. The van der Waals surface area contributed by atoms with Crippen molar-refractivity contribution in [3.05, 3.63) is 27.7 Å². The first-order valence-electron chi connectivity index (χ1n) is 5.70. The molecule has 1 aromatic carbocycles. The first-order valence-corrected chi connectivity index (χ1v) is 6.88. The van der Waals surface area contributed by atoms with Gasteiger partial charge in [-0.1, -0.05) is 11.6 Å². The Morgan fingerprint density at radius 3 is 2.53 bits per heavy atom. The zero-order chi connectivity index (χ0) is 14.0. The zero-order valence-electron chi connectivity index (χ0n) is 9.87. The van der Waals surface area contributed by atoms with E-state index in [-0.39, 0.29) is 0 Å². The molecule has 0 saturated heterocycles. The van der Waals surface area contributed by atoms with Gasteiger partial charge in [0.25, 0.3) is 0 Å². The van der Waals surface area contributed by atoms with E-state index in [1.807, 2.05) is 0 Å². The van der Waals surface area contributed by atoms with Crippen molar-refractivity contribution in [3.8, 4) is 0 Å². The Kier molecular flexibility index (Phi) is 4.01. The highest BCUT2D eigenvalue weighted by Gasteiger charge is 2.45. The van der Waals surface area contributed by atoms with E-state index >= 15 is 0 Å². The third-order valence-electron chi connectivity index (χ3n) is 3.15. The lowest BCUT2D eigenvalue weighted by atomic mass is 9.77. The van der Waals surface area contributed by atoms with Crippen LogP contribution in [-0.4, -0.2) is 22.6 Å². The summed E-state index contributed by atoms with van der Waals surface area (Å²) in [6.07, 6.45) is 1.71. The molecule has 0 atom stereocenters. The SMILES string of the molecule is O=C(Nc1ccc(Cl)cc1Br)NC1(C(=O)O)CCC1. The Hall–Kier alpha value is -1.27. The monoisotopic (exact) mass is 346 g/mol. The van der Waals surface area contributed by atoms with Crippen LogP contribution >= 0.6 is 27.5 Å². The van der Waals surface area contributed by atoms with Crippen LogP contribution in [0.1, 0.15) is 19.3 Å². The van der Waals surface area contributed by atoms with E-state index in [4.69, 9.17) is 16.7 Å². The molecule has 0 bridgehead atoms. The second kappa shape index (κ2) is 5.38. The molecule has 102 valence electrons. The number of rotatable bonds is 3. The highest BCUT2D eigenvalue weighted by atomic mass is 79.9. The molecule has 2 rings (SSSR count). The van der Waals surface area contributed by atoms with Gasteiger partial charge in [0, 0.05) is 9.50 Å². The number of carboxylic acid groups (broad SMARTS) is 1. The molecular formula is C12H12BrClN2O3. The number of anilines is 1. The lowest BCUT2D eigenvalue weighted by Gasteiger charge is -2.38. The lowest BCUT2D eigenvalue weighted by Crippen LogP contribution is -2.60. The average Bonchev–Trinajstić information content (AvgIpc) is 2.27. The van der Waals surface area contributed by atoms with Gasteiger partial charge in [0.05, 0.1) is 5.69 Å². The maximum Gasteiger partial charge on any atom is 0.329 e. The smallest absolute Gasteiger partial charge is 0.329 e. The normalized spacial score (nSPS) is 16.3. The molecule has 7 heteroatoms. The van der Waals surface area contributed by atoms with Crippen molar-refractivity contribution in [3.63, 3.8) is 0 Å². The largest absolute Gasteiger partial charge is 0.480 e. The fourth-order valence-corrected chi connectivity index (χ4v) is 2.67. The predicted octanol–water partition coefficient (Wildman–Crippen LogP) is 3.23. The van der Waals surface area contributed by atoms with Gasteiger partial charge in [-0.3, -0.25) is 0 Å². The molecule has 2 amide bonds. The number of aliphatic carboxylic acids is 1. The summed E-state index contributed by atoms with van der Waals surface area (Å²) in [5, 5.41) is 14.8. The van der Waals surface area contributed by atoms with Crippen LogP contribution in [0.5, 0.6) is 0 Å². The number of hydrogen-bond acceptors (Lipinski definition) is 2. The van der Waals surface area contributed by atoms with Crippen molar-refractivity contribution < 1.29 is 14.7 Å². The van der Waals surface area contributed by atoms with Gasteiger partial charge in [0.2, 0.25) is 0 Å². The molecular weight excluding hydrogens is 336 g/mol. The molecule has 0 heterocycles. The van der Waals surface area contributed by atoms with Crippen LogP contribution in [0.2, 0.25) is 5.02 Å². The van der Waals surface area contributed by atoms with E-state index in [1.54, 1.807) is 18.2 Å². The maximum absolute atomic E-state index is 11.8.